The standard InChI is InChI=1S/C12H18F3N5O/c1-8(16)3-2-4-10(21)19-5-6-20-9(7-19)17-18-11(20)12(13,14)15/h8H,2-7,16H2,1H3. The van der Waals surface area contributed by atoms with Crippen LogP contribution < -0.4 is 5.73 Å². The second-order valence-corrected chi connectivity index (χ2v) is 5.27. The second kappa shape index (κ2) is 6.00. The number of aromatic nitrogens is 3. The fraction of sp³-hybridized carbons (Fsp3) is 0.750. The van der Waals surface area contributed by atoms with Gasteiger partial charge in [-0.3, -0.25) is 4.79 Å². The minimum absolute atomic E-state index is 0.0385. The Hall–Kier alpha value is -1.64. The van der Waals surface area contributed by atoms with Gasteiger partial charge in [0.25, 0.3) is 0 Å². The first-order valence-electron chi connectivity index (χ1n) is 6.81. The van der Waals surface area contributed by atoms with Gasteiger partial charge in [0, 0.05) is 25.6 Å². The molecular formula is C12H18F3N5O. The van der Waals surface area contributed by atoms with E-state index in [1.807, 2.05) is 6.92 Å². The molecule has 9 heteroatoms. The smallest absolute Gasteiger partial charge is 0.333 e. The van der Waals surface area contributed by atoms with Gasteiger partial charge in [-0.25, -0.2) is 0 Å². The third-order valence-electron chi connectivity index (χ3n) is 3.41. The number of hydrogen-bond acceptors (Lipinski definition) is 4. The zero-order valence-corrected chi connectivity index (χ0v) is 11.7. The van der Waals surface area contributed by atoms with E-state index in [0.29, 0.717) is 12.8 Å². The number of carbonyl (C=O) groups is 1. The molecule has 118 valence electrons. The maximum absolute atomic E-state index is 12.7. The van der Waals surface area contributed by atoms with E-state index >= 15 is 0 Å². The first-order chi connectivity index (χ1) is 9.79. The molecule has 0 saturated carbocycles. The molecule has 6 nitrogen and oxygen atoms in total. The summed E-state index contributed by atoms with van der Waals surface area (Å²) in [4.78, 5) is 13.5. The number of halogens is 3. The van der Waals surface area contributed by atoms with Gasteiger partial charge in [-0.1, -0.05) is 0 Å². The van der Waals surface area contributed by atoms with Gasteiger partial charge in [0.1, 0.15) is 0 Å². The van der Waals surface area contributed by atoms with E-state index in [0.717, 1.165) is 11.0 Å². The molecule has 0 bridgehead atoms. The number of hydrogen-bond donors (Lipinski definition) is 1. The largest absolute Gasteiger partial charge is 0.451 e. The van der Waals surface area contributed by atoms with E-state index in [1.54, 1.807) is 0 Å². The summed E-state index contributed by atoms with van der Waals surface area (Å²) in [6, 6.07) is 0.0385. The summed E-state index contributed by atoms with van der Waals surface area (Å²) in [6.07, 6.45) is -2.75. The normalized spacial score (nSPS) is 16.7. The van der Waals surface area contributed by atoms with Gasteiger partial charge in [-0.2, -0.15) is 13.2 Å². The number of carbonyl (C=O) groups excluding carboxylic acids is 1. The summed E-state index contributed by atoms with van der Waals surface area (Å²) in [5.41, 5.74) is 5.61. The topological polar surface area (TPSA) is 77.0 Å². The first kappa shape index (κ1) is 15.7. The molecule has 2 N–H and O–H groups in total. The van der Waals surface area contributed by atoms with Crippen molar-refractivity contribution in [2.45, 2.75) is 51.5 Å². The van der Waals surface area contributed by atoms with Crippen molar-refractivity contribution in [1.82, 2.24) is 19.7 Å². The second-order valence-electron chi connectivity index (χ2n) is 5.27. The number of nitrogens with zero attached hydrogens (tertiary/aromatic N) is 4. The highest BCUT2D eigenvalue weighted by Gasteiger charge is 2.39. The minimum atomic E-state index is -4.52. The molecule has 1 aromatic rings. The quantitative estimate of drug-likeness (QED) is 0.905. The first-order valence-corrected chi connectivity index (χ1v) is 6.81. The Morgan fingerprint density at radius 1 is 1.38 bits per heavy atom. The predicted octanol–water partition coefficient (Wildman–Crippen LogP) is 1.16. The molecule has 0 radical (unpaired) electrons. The van der Waals surface area contributed by atoms with E-state index in [1.165, 1.54) is 4.90 Å². The Balaban J connectivity index is 1.97. The Morgan fingerprint density at radius 3 is 2.71 bits per heavy atom. The van der Waals surface area contributed by atoms with Crippen LogP contribution in [0.4, 0.5) is 13.2 Å². The van der Waals surface area contributed by atoms with E-state index in [9.17, 15) is 18.0 Å². The molecule has 0 saturated heterocycles. The van der Waals surface area contributed by atoms with Crippen LogP contribution in [0.2, 0.25) is 0 Å². The van der Waals surface area contributed by atoms with Crippen molar-refractivity contribution in [1.29, 1.82) is 0 Å². The Bertz CT molecular complexity index is 511. The summed E-state index contributed by atoms with van der Waals surface area (Å²) >= 11 is 0. The van der Waals surface area contributed by atoms with Crippen LogP contribution in [0.5, 0.6) is 0 Å². The van der Waals surface area contributed by atoms with Gasteiger partial charge in [0.05, 0.1) is 6.54 Å². The third kappa shape index (κ3) is 3.72. The summed E-state index contributed by atoms with van der Waals surface area (Å²) in [7, 11) is 0. The molecule has 1 aliphatic heterocycles. The number of rotatable bonds is 4. The highest BCUT2D eigenvalue weighted by atomic mass is 19.4. The number of alkyl halides is 3. The fourth-order valence-corrected chi connectivity index (χ4v) is 2.31. The summed E-state index contributed by atoms with van der Waals surface area (Å²) in [5.74, 6) is -0.908. The van der Waals surface area contributed by atoms with Gasteiger partial charge in [0.15, 0.2) is 5.82 Å². The molecular weight excluding hydrogens is 287 g/mol. The lowest BCUT2D eigenvalue weighted by Crippen LogP contribution is -2.39. The lowest BCUT2D eigenvalue weighted by molar-refractivity contribution is -0.148. The summed E-state index contributed by atoms with van der Waals surface area (Å²) in [5, 5.41) is 6.73. The molecule has 1 aliphatic rings. The molecule has 21 heavy (non-hydrogen) atoms. The van der Waals surface area contributed by atoms with Crippen molar-refractivity contribution in [3.8, 4) is 0 Å². The van der Waals surface area contributed by atoms with E-state index in [2.05, 4.69) is 10.2 Å². The minimum Gasteiger partial charge on any atom is -0.333 e. The third-order valence-corrected chi connectivity index (χ3v) is 3.41. The zero-order valence-electron chi connectivity index (χ0n) is 11.7. The van der Waals surface area contributed by atoms with Crippen molar-refractivity contribution < 1.29 is 18.0 Å². The average molecular weight is 305 g/mol. The van der Waals surface area contributed by atoms with Crippen molar-refractivity contribution >= 4 is 5.91 Å². The van der Waals surface area contributed by atoms with Crippen molar-refractivity contribution in [2.24, 2.45) is 5.73 Å². The molecule has 0 spiro atoms. The number of fused-ring (bicyclic) bond motifs is 1. The van der Waals surface area contributed by atoms with Gasteiger partial charge >= 0.3 is 6.18 Å². The zero-order chi connectivity index (χ0) is 15.6. The van der Waals surface area contributed by atoms with E-state index < -0.39 is 12.0 Å². The van der Waals surface area contributed by atoms with Crippen molar-refractivity contribution in [2.75, 3.05) is 6.54 Å². The van der Waals surface area contributed by atoms with Gasteiger partial charge in [-0.15, -0.1) is 10.2 Å². The van der Waals surface area contributed by atoms with Crippen LogP contribution in [0.3, 0.4) is 0 Å². The Morgan fingerprint density at radius 2 is 2.10 bits per heavy atom. The molecule has 0 aliphatic carbocycles. The Labute approximate surface area is 120 Å². The average Bonchev–Trinajstić information content (AvgIpc) is 2.80. The number of nitrogens with two attached hydrogens (primary N) is 1. The van der Waals surface area contributed by atoms with E-state index in [4.69, 9.17) is 5.73 Å². The van der Waals surface area contributed by atoms with Crippen LogP contribution in [0, 0.1) is 0 Å². The number of amides is 1. The van der Waals surface area contributed by atoms with Gasteiger partial charge < -0.3 is 15.2 Å². The summed E-state index contributed by atoms with van der Waals surface area (Å²) < 4.78 is 39.1. The van der Waals surface area contributed by atoms with Crippen LogP contribution >= 0.6 is 0 Å². The van der Waals surface area contributed by atoms with Crippen LogP contribution in [0.1, 0.15) is 37.8 Å². The van der Waals surface area contributed by atoms with Crippen LogP contribution in [0.25, 0.3) is 0 Å². The molecule has 1 atom stereocenters. The van der Waals surface area contributed by atoms with Gasteiger partial charge in [-0.05, 0) is 19.8 Å². The predicted molar refractivity (Wildman–Crippen MR) is 67.9 cm³/mol. The van der Waals surface area contributed by atoms with Crippen LogP contribution in [-0.2, 0) is 24.1 Å². The molecule has 0 aromatic carbocycles. The lowest BCUT2D eigenvalue weighted by Gasteiger charge is -2.28. The molecule has 2 rings (SSSR count). The van der Waals surface area contributed by atoms with E-state index in [-0.39, 0.29) is 37.4 Å². The highest BCUT2D eigenvalue weighted by molar-refractivity contribution is 5.76. The monoisotopic (exact) mass is 305 g/mol. The Kier molecular flexibility index (Phi) is 4.50. The van der Waals surface area contributed by atoms with Crippen LogP contribution in [-0.4, -0.2) is 38.2 Å². The molecule has 0 fully saturated rings. The molecule has 2 heterocycles. The molecule has 1 aromatic heterocycles. The van der Waals surface area contributed by atoms with Crippen molar-refractivity contribution in [3.05, 3.63) is 11.6 Å². The molecule has 1 unspecified atom stereocenters. The van der Waals surface area contributed by atoms with Crippen LogP contribution in [0.15, 0.2) is 0 Å². The highest BCUT2D eigenvalue weighted by Crippen LogP contribution is 2.29. The summed E-state index contributed by atoms with van der Waals surface area (Å²) in [6.45, 7) is 2.24. The molecule has 1 amide bonds. The fourth-order valence-electron chi connectivity index (χ4n) is 2.31. The van der Waals surface area contributed by atoms with Crippen molar-refractivity contribution in [3.63, 3.8) is 0 Å². The SMILES string of the molecule is CC(N)CCCC(=O)N1CCn2c(nnc2C(F)(F)F)C1. The maximum Gasteiger partial charge on any atom is 0.451 e. The maximum atomic E-state index is 12.7. The van der Waals surface area contributed by atoms with Gasteiger partial charge in [0.2, 0.25) is 11.7 Å². The lowest BCUT2D eigenvalue weighted by atomic mass is 10.1.